The van der Waals surface area contributed by atoms with E-state index in [1.165, 1.54) is 43.5 Å². The Morgan fingerprint density at radius 3 is 2.46 bits per heavy atom. The number of ether oxygens (including phenoxy) is 1. The average Bonchev–Trinajstić information content (AvgIpc) is 3.41. The van der Waals surface area contributed by atoms with Gasteiger partial charge in [0, 0.05) is 18.1 Å². The number of esters is 1. The van der Waals surface area contributed by atoms with Gasteiger partial charge in [0.2, 0.25) is 0 Å². The average molecular weight is 377 g/mol. The van der Waals surface area contributed by atoms with Crippen molar-refractivity contribution in [2.45, 2.75) is 37.7 Å². The van der Waals surface area contributed by atoms with Crippen molar-refractivity contribution in [3.63, 3.8) is 0 Å². The zero-order valence-corrected chi connectivity index (χ0v) is 15.6. The Balaban J connectivity index is 1.48. The third-order valence-electron chi connectivity index (χ3n) is 7.32. The van der Waals surface area contributed by atoms with Crippen LogP contribution in [0.3, 0.4) is 0 Å². The summed E-state index contributed by atoms with van der Waals surface area (Å²) in [7, 11) is 0. The lowest BCUT2D eigenvalue weighted by molar-refractivity contribution is -0.384. The van der Waals surface area contributed by atoms with Crippen LogP contribution in [0.15, 0.2) is 54.6 Å². The Labute approximate surface area is 163 Å². The van der Waals surface area contributed by atoms with E-state index in [4.69, 9.17) is 4.74 Å². The number of carbonyl (C=O) groups is 1. The molecule has 3 aliphatic rings. The first-order chi connectivity index (χ1) is 13.6. The molecule has 144 valence electrons. The van der Waals surface area contributed by atoms with Crippen LogP contribution in [0.1, 0.15) is 48.0 Å². The quantitative estimate of drug-likeness (QED) is 0.422. The van der Waals surface area contributed by atoms with Crippen molar-refractivity contribution in [3.8, 4) is 0 Å². The van der Waals surface area contributed by atoms with Gasteiger partial charge in [0.15, 0.2) is 0 Å². The van der Waals surface area contributed by atoms with E-state index >= 15 is 0 Å². The molecule has 3 saturated carbocycles. The Kier molecular flexibility index (Phi) is 4.00. The van der Waals surface area contributed by atoms with Crippen LogP contribution in [0.4, 0.5) is 5.69 Å². The normalized spacial score (nSPS) is 32.9. The summed E-state index contributed by atoms with van der Waals surface area (Å²) in [5.41, 5.74) is 0.855. The lowest BCUT2D eigenvalue weighted by Crippen LogP contribution is -2.43. The number of carbonyl (C=O) groups excluding carboxylic acids is 1. The topological polar surface area (TPSA) is 69.4 Å². The second-order valence-electron chi connectivity index (χ2n) is 8.51. The molecule has 0 spiro atoms. The summed E-state index contributed by atoms with van der Waals surface area (Å²) in [6.07, 6.45) is 5.85. The van der Waals surface area contributed by atoms with Gasteiger partial charge in [-0.15, -0.1) is 0 Å². The molecule has 5 atom stereocenters. The number of benzene rings is 2. The van der Waals surface area contributed by atoms with Gasteiger partial charge in [-0.25, -0.2) is 4.79 Å². The fourth-order valence-electron chi connectivity index (χ4n) is 6.26. The summed E-state index contributed by atoms with van der Waals surface area (Å²) in [5.74, 6) is 2.04. The predicted octanol–water partition coefficient (Wildman–Crippen LogP) is 5.10. The first kappa shape index (κ1) is 17.4. The summed E-state index contributed by atoms with van der Waals surface area (Å²) in [4.78, 5) is 23.5. The molecule has 0 amide bonds. The largest absolute Gasteiger partial charge is 0.450 e. The third kappa shape index (κ3) is 2.56. The molecular weight excluding hydrogens is 354 g/mol. The molecule has 0 N–H and O–H groups in total. The van der Waals surface area contributed by atoms with Crippen molar-refractivity contribution in [3.05, 3.63) is 75.8 Å². The smallest absolute Gasteiger partial charge is 0.339 e. The fourth-order valence-corrected chi connectivity index (χ4v) is 6.26. The molecule has 3 fully saturated rings. The van der Waals surface area contributed by atoms with Gasteiger partial charge in [-0.05, 0) is 61.1 Å². The van der Waals surface area contributed by atoms with Gasteiger partial charge in [-0.2, -0.15) is 0 Å². The molecule has 0 radical (unpaired) electrons. The number of hydrogen-bond donors (Lipinski definition) is 0. The van der Waals surface area contributed by atoms with Crippen LogP contribution in [0.2, 0.25) is 0 Å². The maximum absolute atomic E-state index is 13.0. The first-order valence-electron chi connectivity index (χ1n) is 10.1. The van der Waals surface area contributed by atoms with Crippen molar-refractivity contribution < 1.29 is 14.5 Å². The van der Waals surface area contributed by atoms with Crippen LogP contribution < -0.4 is 0 Å². The molecule has 0 aliphatic heterocycles. The molecule has 0 aromatic heterocycles. The predicted molar refractivity (Wildman–Crippen MR) is 104 cm³/mol. The highest BCUT2D eigenvalue weighted by Gasteiger charge is 2.63. The fraction of sp³-hybridized carbons (Fsp3) is 0.435. The van der Waals surface area contributed by atoms with Gasteiger partial charge < -0.3 is 4.74 Å². The first-order valence-corrected chi connectivity index (χ1v) is 10.1. The number of nitro benzene ring substituents is 1. The number of hydrogen-bond acceptors (Lipinski definition) is 4. The Hall–Kier alpha value is -2.69. The number of non-ortho nitro benzene ring substituents is 1. The number of nitro groups is 1. The molecule has 2 aromatic carbocycles. The van der Waals surface area contributed by atoms with Crippen LogP contribution in [0.5, 0.6) is 0 Å². The van der Waals surface area contributed by atoms with Crippen LogP contribution in [0.25, 0.3) is 0 Å². The molecule has 0 saturated heterocycles. The summed E-state index contributed by atoms with van der Waals surface area (Å²) in [6.45, 7) is 0. The summed E-state index contributed by atoms with van der Waals surface area (Å²) in [6, 6.07) is 15.9. The van der Waals surface area contributed by atoms with Crippen LogP contribution in [0, 0.1) is 33.8 Å². The van der Waals surface area contributed by atoms with E-state index in [1.54, 1.807) is 0 Å². The monoisotopic (exact) mass is 377 g/mol. The van der Waals surface area contributed by atoms with Gasteiger partial charge >= 0.3 is 5.97 Å². The highest BCUT2D eigenvalue weighted by Crippen LogP contribution is 2.66. The van der Waals surface area contributed by atoms with Crippen molar-refractivity contribution >= 4 is 11.7 Å². The van der Waals surface area contributed by atoms with E-state index in [0.717, 1.165) is 24.3 Å². The molecule has 0 heterocycles. The molecule has 3 aliphatic carbocycles. The Bertz CT molecular complexity index is 910. The maximum atomic E-state index is 13.0. The van der Waals surface area contributed by atoms with E-state index in [0.29, 0.717) is 23.3 Å². The van der Waals surface area contributed by atoms with Gasteiger partial charge in [-0.3, -0.25) is 10.1 Å². The van der Waals surface area contributed by atoms with Crippen molar-refractivity contribution in [1.82, 2.24) is 0 Å². The van der Waals surface area contributed by atoms with E-state index in [9.17, 15) is 14.9 Å². The van der Waals surface area contributed by atoms with Gasteiger partial charge in [0.1, 0.15) is 5.60 Å². The minimum atomic E-state index is -0.573. The van der Waals surface area contributed by atoms with E-state index in [-0.39, 0.29) is 11.7 Å². The zero-order chi connectivity index (χ0) is 19.3. The summed E-state index contributed by atoms with van der Waals surface area (Å²) in [5, 5.41) is 10.9. The summed E-state index contributed by atoms with van der Waals surface area (Å²) < 4.78 is 6.30. The Morgan fingerprint density at radius 2 is 1.75 bits per heavy atom. The molecule has 28 heavy (non-hydrogen) atoms. The lowest BCUT2D eigenvalue weighted by atomic mass is 9.70. The number of rotatable bonds is 4. The molecular formula is C23H23NO4. The van der Waals surface area contributed by atoms with Gasteiger partial charge in [-0.1, -0.05) is 36.8 Å². The van der Waals surface area contributed by atoms with E-state index < -0.39 is 10.5 Å². The zero-order valence-electron chi connectivity index (χ0n) is 15.6. The third-order valence-corrected chi connectivity index (χ3v) is 7.32. The van der Waals surface area contributed by atoms with Crippen molar-refractivity contribution in [2.24, 2.45) is 23.7 Å². The molecule has 5 nitrogen and oxygen atoms in total. The molecule has 2 aromatic rings. The highest BCUT2D eigenvalue weighted by atomic mass is 16.6. The summed E-state index contributed by atoms with van der Waals surface area (Å²) >= 11 is 0. The second kappa shape index (κ2) is 6.43. The maximum Gasteiger partial charge on any atom is 0.339 e. The number of nitrogens with zero attached hydrogens (tertiary/aromatic N) is 1. The second-order valence-corrected chi connectivity index (χ2v) is 8.51. The highest BCUT2D eigenvalue weighted by molar-refractivity contribution is 5.90. The SMILES string of the molecule is O=C(OC1(c2ccccc2)CC2CC1C1CCCC21)c1ccc([N+](=O)[O-])cc1. The van der Waals surface area contributed by atoms with Crippen LogP contribution >= 0.6 is 0 Å². The van der Waals surface area contributed by atoms with Gasteiger partial charge in [0.25, 0.3) is 5.69 Å². The number of fused-ring (bicyclic) bond motifs is 5. The van der Waals surface area contributed by atoms with Crippen molar-refractivity contribution in [2.75, 3.05) is 0 Å². The molecule has 2 bridgehead atoms. The minimum Gasteiger partial charge on any atom is -0.450 e. The van der Waals surface area contributed by atoms with E-state index in [1.807, 2.05) is 18.2 Å². The van der Waals surface area contributed by atoms with E-state index in [2.05, 4.69) is 12.1 Å². The minimum absolute atomic E-state index is 0.0250. The molecule has 5 rings (SSSR count). The van der Waals surface area contributed by atoms with Crippen LogP contribution in [-0.2, 0) is 10.3 Å². The standard InChI is InChI=1S/C23H23NO4/c25-22(15-9-11-18(12-10-15)24(26)27)28-23(17-5-2-1-3-6-17)14-16-13-21(23)20-8-4-7-19(16)20/h1-3,5-6,9-12,16,19-21H,4,7-8,13-14H2. The van der Waals surface area contributed by atoms with Crippen LogP contribution in [-0.4, -0.2) is 10.9 Å². The van der Waals surface area contributed by atoms with Crippen molar-refractivity contribution in [1.29, 1.82) is 0 Å². The van der Waals surface area contributed by atoms with Gasteiger partial charge in [0.05, 0.1) is 10.5 Å². The molecule has 5 heteroatoms. The molecule has 5 unspecified atom stereocenters. The Morgan fingerprint density at radius 1 is 1.04 bits per heavy atom. The lowest BCUT2D eigenvalue weighted by Gasteiger charge is -2.42.